The van der Waals surface area contributed by atoms with Gasteiger partial charge in [0.15, 0.2) is 0 Å². The summed E-state index contributed by atoms with van der Waals surface area (Å²) in [5.74, 6) is 3.68. The standard InChI is InChI=1S/C10H11IN2O2S/c1-3-16-10(14-2,5-6-11)15-9-12-7-4-8-13-9/h4,7-8H,3H2,1-2H3. The van der Waals surface area contributed by atoms with E-state index in [-0.39, 0.29) is 6.01 Å². The second-order valence-corrected chi connectivity index (χ2v) is 4.49. The van der Waals surface area contributed by atoms with E-state index in [9.17, 15) is 0 Å². The molecule has 1 rings (SSSR count). The summed E-state index contributed by atoms with van der Waals surface area (Å²) in [5, 5.41) is -1.03. The molecule has 0 fully saturated rings. The SMILES string of the molecule is CCSC(C#CI)(OC)Oc1ncccn1. The van der Waals surface area contributed by atoms with E-state index in [4.69, 9.17) is 9.47 Å². The van der Waals surface area contributed by atoms with Crippen molar-refractivity contribution in [3.63, 3.8) is 0 Å². The quantitative estimate of drug-likeness (QED) is 0.463. The Kier molecular flexibility index (Phi) is 5.87. The molecule has 0 aliphatic carbocycles. The lowest BCUT2D eigenvalue weighted by Gasteiger charge is -2.24. The maximum absolute atomic E-state index is 5.57. The van der Waals surface area contributed by atoms with Gasteiger partial charge in [0.05, 0.1) is 0 Å². The molecule has 0 saturated carbocycles. The number of methoxy groups -OCH3 is 1. The molecule has 0 radical (unpaired) electrons. The van der Waals surface area contributed by atoms with Crippen molar-refractivity contribution in [1.82, 2.24) is 9.97 Å². The molecule has 86 valence electrons. The maximum atomic E-state index is 5.57. The molecular formula is C10H11IN2O2S. The van der Waals surface area contributed by atoms with Crippen molar-refractivity contribution in [2.45, 2.75) is 12.0 Å². The van der Waals surface area contributed by atoms with Crippen molar-refractivity contribution in [3.05, 3.63) is 18.5 Å². The van der Waals surface area contributed by atoms with Gasteiger partial charge >= 0.3 is 11.1 Å². The van der Waals surface area contributed by atoms with Crippen molar-refractivity contribution in [1.29, 1.82) is 0 Å². The van der Waals surface area contributed by atoms with Crippen molar-refractivity contribution in [2.75, 3.05) is 12.9 Å². The zero-order valence-electron chi connectivity index (χ0n) is 8.94. The molecular weight excluding hydrogens is 339 g/mol. The Morgan fingerprint density at radius 3 is 2.69 bits per heavy atom. The van der Waals surface area contributed by atoms with Gasteiger partial charge in [-0.05, 0) is 21.7 Å². The maximum Gasteiger partial charge on any atom is 0.330 e. The normalized spacial score (nSPS) is 13.4. The number of nitrogens with zero attached hydrogens (tertiary/aromatic N) is 2. The summed E-state index contributed by atoms with van der Waals surface area (Å²) in [4.78, 5) is 7.96. The van der Waals surface area contributed by atoms with Gasteiger partial charge in [-0.25, -0.2) is 9.97 Å². The molecule has 1 aromatic heterocycles. The fourth-order valence-corrected chi connectivity index (χ4v) is 2.24. The van der Waals surface area contributed by atoms with Crippen LogP contribution in [0.4, 0.5) is 0 Å². The number of thioether (sulfide) groups is 1. The average molecular weight is 350 g/mol. The molecule has 1 aromatic rings. The highest BCUT2D eigenvalue weighted by Gasteiger charge is 2.31. The molecule has 0 bridgehead atoms. The van der Waals surface area contributed by atoms with Gasteiger partial charge in [-0.1, -0.05) is 18.7 Å². The Morgan fingerprint density at radius 1 is 1.50 bits per heavy atom. The molecule has 0 saturated heterocycles. The molecule has 4 nitrogen and oxygen atoms in total. The Morgan fingerprint density at radius 2 is 2.19 bits per heavy atom. The largest absolute Gasteiger partial charge is 0.409 e. The second-order valence-electron chi connectivity index (χ2n) is 2.55. The van der Waals surface area contributed by atoms with Gasteiger partial charge in [-0.2, -0.15) is 0 Å². The highest BCUT2D eigenvalue weighted by Crippen LogP contribution is 2.27. The van der Waals surface area contributed by atoms with Crippen LogP contribution in [0.5, 0.6) is 6.01 Å². The van der Waals surface area contributed by atoms with Gasteiger partial charge in [0.25, 0.3) is 0 Å². The van der Waals surface area contributed by atoms with Gasteiger partial charge in [-0.3, -0.25) is 0 Å². The van der Waals surface area contributed by atoms with Crippen LogP contribution in [0.3, 0.4) is 0 Å². The summed E-state index contributed by atoms with van der Waals surface area (Å²) in [5.41, 5.74) is 0. The molecule has 0 aromatic carbocycles. The summed E-state index contributed by atoms with van der Waals surface area (Å²) in [6.07, 6.45) is 3.22. The van der Waals surface area contributed by atoms with Gasteiger partial charge in [-0.15, -0.1) is 0 Å². The minimum absolute atomic E-state index is 0.254. The lowest BCUT2D eigenvalue weighted by atomic mass is 10.6. The average Bonchev–Trinajstić information content (AvgIpc) is 2.31. The van der Waals surface area contributed by atoms with E-state index in [1.807, 2.05) is 29.5 Å². The van der Waals surface area contributed by atoms with Gasteiger partial charge in [0, 0.05) is 42.1 Å². The van der Waals surface area contributed by atoms with Crippen LogP contribution >= 0.6 is 34.4 Å². The van der Waals surface area contributed by atoms with E-state index >= 15 is 0 Å². The molecule has 16 heavy (non-hydrogen) atoms. The number of hydrogen-bond acceptors (Lipinski definition) is 5. The Bertz CT molecular complexity index is 379. The van der Waals surface area contributed by atoms with Crippen LogP contribution in [-0.4, -0.2) is 27.9 Å². The topological polar surface area (TPSA) is 44.2 Å². The van der Waals surface area contributed by atoms with E-state index in [0.29, 0.717) is 0 Å². The molecule has 1 heterocycles. The zero-order valence-corrected chi connectivity index (χ0v) is 11.9. The third-order valence-electron chi connectivity index (χ3n) is 1.57. The Hall–Kier alpha value is -0.520. The summed E-state index contributed by atoms with van der Waals surface area (Å²) >= 11 is 3.38. The van der Waals surface area contributed by atoms with Crippen LogP contribution in [0.2, 0.25) is 0 Å². The molecule has 0 amide bonds. The van der Waals surface area contributed by atoms with Crippen LogP contribution in [0.25, 0.3) is 0 Å². The lowest BCUT2D eigenvalue weighted by molar-refractivity contribution is -0.0452. The third kappa shape index (κ3) is 3.81. The van der Waals surface area contributed by atoms with Gasteiger partial charge in [0.1, 0.15) is 0 Å². The summed E-state index contributed by atoms with van der Waals surface area (Å²) < 4.78 is 13.6. The minimum Gasteiger partial charge on any atom is -0.409 e. The lowest BCUT2D eigenvalue weighted by Crippen LogP contribution is -2.33. The predicted octanol–water partition coefficient (Wildman–Crippen LogP) is 2.30. The predicted molar refractivity (Wildman–Crippen MR) is 72.3 cm³/mol. The van der Waals surface area contributed by atoms with Crippen molar-refractivity contribution < 1.29 is 9.47 Å². The molecule has 0 aliphatic rings. The minimum atomic E-state index is -1.03. The van der Waals surface area contributed by atoms with Crippen LogP contribution in [0, 0.1) is 9.85 Å². The fourth-order valence-electron chi connectivity index (χ4n) is 0.949. The highest BCUT2D eigenvalue weighted by molar-refractivity contribution is 14.1. The number of rotatable bonds is 5. The third-order valence-corrected chi connectivity index (χ3v) is 2.86. The zero-order chi connectivity index (χ0) is 11.9. The molecule has 6 heteroatoms. The first-order valence-corrected chi connectivity index (χ1v) is 6.60. The molecule has 1 unspecified atom stereocenters. The Balaban J connectivity index is 2.88. The molecule has 0 spiro atoms. The first-order chi connectivity index (χ1) is 7.76. The summed E-state index contributed by atoms with van der Waals surface area (Å²) in [6.45, 7) is 2.00. The first kappa shape index (κ1) is 13.5. The summed E-state index contributed by atoms with van der Waals surface area (Å²) in [7, 11) is 1.55. The first-order valence-electron chi connectivity index (χ1n) is 4.54. The van der Waals surface area contributed by atoms with Crippen LogP contribution < -0.4 is 4.74 Å². The van der Waals surface area contributed by atoms with Crippen LogP contribution in [-0.2, 0) is 4.74 Å². The highest BCUT2D eigenvalue weighted by atomic mass is 127. The van der Waals surface area contributed by atoms with Crippen molar-refractivity contribution >= 4 is 34.4 Å². The van der Waals surface area contributed by atoms with Crippen molar-refractivity contribution in [3.8, 4) is 15.9 Å². The molecule has 0 N–H and O–H groups in total. The van der Waals surface area contributed by atoms with Gasteiger partial charge in [0.2, 0.25) is 0 Å². The van der Waals surface area contributed by atoms with Gasteiger partial charge < -0.3 is 9.47 Å². The smallest absolute Gasteiger partial charge is 0.330 e. The molecule has 0 aliphatic heterocycles. The van der Waals surface area contributed by atoms with Crippen LogP contribution in [0.15, 0.2) is 18.5 Å². The number of hydrogen-bond donors (Lipinski definition) is 0. The van der Waals surface area contributed by atoms with E-state index in [1.165, 1.54) is 11.8 Å². The van der Waals surface area contributed by atoms with E-state index in [0.717, 1.165) is 5.75 Å². The fraction of sp³-hybridized carbons (Fsp3) is 0.400. The molecule has 1 atom stereocenters. The van der Waals surface area contributed by atoms with E-state index in [1.54, 1.807) is 25.6 Å². The number of halogens is 1. The number of ether oxygens (including phenoxy) is 2. The van der Waals surface area contributed by atoms with E-state index < -0.39 is 5.12 Å². The summed E-state index contributed by atoms with van der Waals surface area (Å²) in [6, 6.07) is 1.97. The second kappa shape index (κ2) is 6.93. The van der Waals surface area contributed by atoms with Crippen LogP contribution in [0.1, 0.15) is 6.92 Å². The van der Waals surface area contributed by atoms with E-state index in [2.05, 4.69) is 19.8 Å². The van der Waals surface area contributed by atoms with Crippen molar-refractivity contribution in [2.24, 2.45) is 0 Å². The Labute approximate surface area is 113 Å². The number of aromatic nitrogens is 2. The monoisotopic (exact) mass is 350 g/mol.